The van der Waals surface area contributed by atoms with Crippen molar-refractivity contribution in [3.63, 3.8) is 0 Å². The molecule has 130 valence electrons. The van der Waals surface area contributed by atoms with Gasteiger partial charge in [-0.05, 0) is 37.1 Å². The molecule has 0 aliphatic carbocycles. The zero-order valence-electron chi connectivity index (χ0n) is 14.8. The molecule has 2 aromatic carbocycles. The number of fused-ring (bicyclic) bond motifs is 3. The summed E-state index contributed by atoms with van der Waals surface area (Å²) < 4.78 is 30.2. The number of nitrogens with zero attached hydrogens (tertiary/aromatic N) is 2. The van der Waals surface area contributed by atoms with E-state index in [4.69, 9.17) is 0 Å². The van der Waals surface area contributed by atoms with Gasteiger partial charge in [-0.15, -0.1) is 0 Å². The van der Waals surface area contributed by atoms with Gasteiger partial charge in [0.1, 0.15) is 0 Å². The Balaban J connectivity index is 1.78. The Morgan fingerprint density at radius 2 is 1.80 bits per heavy atom. The van der Waals surface area contributed by atoms with E-state index in [1.165, 1.54) is 11.2 Å². The molecule has 0 fully saturated rings. The summed E-state index contributed by atoms with van der Waals surface area (Å²) in [6.45, 7) is 4.80. The van der Waals surface area contributed by atoms with Crippen LogP contribution < -0.4 is 0 Å². The van der Waals surface area contributed by atoms with Crippen LogP contribution in [0.5, 0.6) is 0 Å². The molecule has 0 unspecified atom stereocenters. The van der Waals surface area contributed by atoms with Gasteiger partial charge in [0.05, 0.1) is 4.90 Å². The molecule has 0 N–H and O–H groups in total. The minimum Gasteiger partial charge on any atom is -0.347 e. The van der Waals surface area contributed by atoms with Crippen molar-refractivity contribution >= 4 is 20.9 Å². The van der Waals surface area contributed by atoms with Crippen LogP contribution in [-0.4, -0.2) is 23.8 Å². The molecule has 0 saturated heterocycles. The molecule has 0 bridgehead atoms. The number of hydrogen-bond donors (Lipinski definition) is 0. The normalized spacial score (nSPS) is 15.5. The molecule has 0 radical (unpaired) electrons. The lowest BCUT2D eigenvalue weighted by atomic mass is 10.1. The molecule has 0 atom stereocenters. The lowest BCUT2D eigenvalue weighted by Gasteiger charge is -2.28. The van der Waals surface area contributed by atoms with Crippen LogP contribution in [0.25, 0.3) is 10.9 Å². The van der Waals surface area contributed by atoms with Gasteiger partial charge in [0.2, 0.25) is 10.0 Å². The average molecular weight is 354 g/mol. The van der Waals surface area contributed by atoms with Gasteiger partial charge >= 0.3 is 0 Å². The van der Waals surface area contributed by atoms with Crippen molar-refractivity contribution in [2.45, 2.75) is 31.7 Å². The molecule has 3 aromatic rings. The number of aromatic nitrogens is 1. The first kappa shape index (κ1) is 16.4. The summed E-state index contributed by atoms with van der Waals surface area (Å²) in [5, 5.41) is 1.15. The van der Waals surface area contributed by atoms with Gasteiger partial charge in [0, 0.05) is 43.2 Å². The maximum atomic E-state index is 13.2. The number of sulfonamides is 1. The zero-order valence-corrected chi connectivity index (χ0v) is 15.6. The van der Waals surface area contributed by atoms with Crippen LogP contribution in [0.1, 0.15) is 22.4 Å². The second-order valence-corrected chi connectivity index (χ2v) is 8.77. The summed E-state index contributed by atoms with van der Waals surface area (Å²) in [5.41, 5.74) is 5.43. The van der Waals surface area contributed by atoms with E-state index in [-0.39, 0.29) is 0 Å². The van der Waals surface area contributed by atoms with Crippen molar-refractivity contribution in [2.24, 2.45) is 7.05 Å². The summed E-state index contributed by atoms with van der Waals surface area (Å²) in [4.78, 5) is 0.418. The van der Waals surface area contributed by atoms with Crippen molar-refractivity contribution in [1.29, 1.82) is 0 Å². The van der Waals surface area contributed by atoms with Gasteiger partial charge in [-0.1, -0.05) is 35.9 Å². The Kier molecular flexibility index (Phi) is 3.74. The summed E-state index contributed by atoms with van der Waals surface area (Å²) in [6.07, 6.45) is 0.741. The smallest absolute Gasteiger partial charge is 0.243 e. The number of rotatable bonds is 2. The Morgan fingerprint density at radius 1 is 1.04 bits per heavy atom. The van der Waals surface area contributed by atoms with Gasteiger partial charge in [0.25, 0.3) is 0 Å². The minimum atomic E-state index is -3.49. The molecule has 1 aliphatic rings. The molecule has 4 nitrogen and oxygen atoms in total. The highest BCUT2D eigenvalue weighted by Crippen LogP contribution is 2.33. The lowest BCUT2D eigenvalue weighted by molar-refractivity contribution is 0.387. The second-order valence-electron chi connectivity index (χ2n) is 6.86. The van der Waals surface area contributed by atoms with Crippen LogP contribution >= 0.6 is 0 Å². The Morgan fingerprint density at radius 3 is 2.56 bits per heavy atom. The fourth-order valence-electron chi connectivity index (χ4n) is 3.94. The lowest BCUT2D eigenvalue weighted by Crippen LogP contribution is -2.36. The highest BCUT2D eigenvalue weighted by atomic mass is 32.2. The predicted molar refractivity (Wildman–Crippen MR) is 100 cm³/mol. The molecule has 0 amide bonds. The zero-order chi connectivity index (χ0) is 17.8. The van der Waals surface area contributed by atoms with E-state index in [9.17, 15) is 8.42 Å². The third-order valence-corrected chi connectivity index (χ3v) is 7.23. The maximum Gasteiger partial charge on any atom is 0.243 e. The van der Waals surface area contributed by atoms with E-state index < -0.39 is 10.0 Å². The van der Waals surface area contributed by atoms with E-state index >= 15 is 0 Å². The second kappa shape index (κ2) is 5.71. The summed E-state index contributed by atoms with van der Waals surface area (Å²) in [7, 11) is -1.42. The largest absolute Gasteiger partial charge is 0.347 e. The molecule has 1 aromatic heterocycles. The maximum absolute atomic E-state index is 13.2. The van der Waals surface area contributed by atoms with Crippen molar-refractivity contribution in [3.8, 4) is 0 Å². The number of para-hydroxylation sites is 1. The Bertz CT molecular complexity index is 1080. The number of benzene rings is 2. The molecule has 4 rings (SSSR count). The van der Waals surface area contributed by atoms with Crippen molar-refractivity contribution in [2.75, 3.05) is 6.54 Å². The molecule has 1 aliphatic heterocycles. The highest BCUT2D eigenvalue weighted by Gasteiger charge is 2.31. The van der Waals surface area contributed by atoms with Crippen LogP contribution in [0.15, 0.2) is 47.4 Å². The third-order valence-electron chi connectivity index (χ3n) is 5.22. The van der Waals surface area contributed by atoms with E-state index in [1.807, 2.05) is 38.1 Å². The van der Waals surface area contributed by atoms with Gasteiger partial charge in [-0.2, -0.15) is 4.31 Å². The fourth-order valence-corrected chi connectivity index (χ4v) is 5.55. The summed E-state index contributed by atoms with van der Waals surface area (Å²) >= 11 is 0. The van der Waals surface area contributed by atoms with E-state index in [1.54, 1.807) is 10.4 Å². The minimum absolute atomic E-state index is 0.418. The first-order chi connectivity index (χ1) is 11.9. The number of hydrogen-bond acceptors (Lipinski definition) is 2. The van der Waals surface area contributed by atoms with Gasteiger partial charge < -0.3 is 4.57 Å². The Labute approximate surface area is 148 Å². The first-order valence-electron chi connectivity index (χ1n) is 8.52. The molecular formula is C20H22N2O2S. The van der Waals surface area contributed by atoms with Gasteiger partial charge in [-0.25, -0.2) is 8.42 Å². The van der Waals surface area contributed by atoms with Crippen LogP contribution in [0.4, 0.5) is 0 Å². The Hall–Kier alpha value is -2.11. The van der Waals surface area contributed by atoms with Crippen molar-refractivity contribution < 1.29 is 8.42 Å². The van der Waals surface area contributed by atoms with E-state index in [2.05, 4.69) is 23.7 Å². The quantitative estimate of drug-likeness (QED) is 0.706. The molecule has 0 saturated carbocycles. The van der Waals surface area contributed by atoms with E-state index in [0.717, 1.165) is 28.5 Å². The monoisotopic (exact) mass is 354 g/mol. The highest BCUT2D eigenvalue weighted by molar-refractivity contribution is 7.89. The SMILES string of the molecule is Cc1ccc(S(=O)(=O)N2CCc3c(c4ccccc4n3C)C2)c(C)c1. The molecule has 2 heterocycles. The van der Waals surface area contributed by atoms with Gasteiger partial charge in [-0.3, -0.25) is 0 Å². The molecule has 0 spiro atoms. The molecule has 25 heavy (non-hydrogen) atoms. The fraction of sp³-hybridized carbons (Fsp3) is 0.300. The standard InChI is InChI=1S/C20H22N2O2S/c1-14-8-9-20(15(2)12-14)25(23,24)22-11-10-19-17(13-22)16-6-4-5-7-18(16)21(19)3/h4-9,12H,10-11,13H2,1-3H3. The average Bonchev–Trinajstić information content (AvgIpc) is 2.87. The summed E-state index contributed by atoms with van der Waals surface area (Å²) in [6, 6.07) is 13.8. The molecular weight excluding hydrogens is 332 g/mol. The summed E-state index contributed by atoms with van der Waals surface area (Å²) in [5.74, 6) is 0. The topological polar surface area (TPSA) is 42.3 Å². The first-order valence-corrected chi connectivity index (χ1v) is 9.96. The van der Waals surface area contributed by atoms with E-state index in [0.29, 0.717) is 18.0 Å². The van der Waals surface area contributed by atoms with Crippen LogP contribution in [-0.2, 0) is 30.0 Å². The van der Waals surface area contributed by atoms with Gasteiger partial charge in [0.15, 0.2) is 0 Å². The van der Waals surface area contributed by atoms with Crippen molar-refractivity contribution in [1.82, 2.24) is 8.87 Å². The van der Waals surface area contributed by atoms with Crippen LogP contribution in [0, 0.1) is 13.8 Å². The van der Waals surface area contributed by atoms with Crippen LogP contribution in [0.3, 0.4) is 0 Å². The predicted octanol–water partition coefficient (Wildman–Crippen LogP) is 3.54. The van der Waals surface area contributed by atoms with Crippen LogP contribution in [0.2, 0.25) is 0 Å². The third kappa shape index (κ3) is 2.50. The van der Waals surface area contributed by atoms with Crippen molar-refractivity contribution in [3.05, 3.63) is 64.8 Å². The number of aryl methyl sites for hydroxylation is 3. The molecule has 5 heteroatoms.